The third-order valence-electron chi connectivity index (χ3n) is 12.4. The zero-order chi connectivity index (χ0) is 42.6. The van der Waals surface area contributed by atoms with E-state index in [1.807, 2.05) is 0 Å². The van der Waals surface area contributed by atoms with E-state index in [0.29, 0.717) is 26.1 Å². The fraction of sp³-hybridized carbons (Fsp3) is 0.962. The Labute approximate surface area is 365 Å². The van der Waals surface area contributed by atoms with Crippen molar-refractivity contribution in [1.82, 2.24) is 4.90 Å². The van der Waals surface area contributed by atoms with Gasteiger partial charge in [-0.15, -0.1) is 7.92 Å². The van der Waals surface area contributed by atoms with Crippen molar-refractivity contribution in [1.29, 1.82) is 0 Å². The maximum Gasteiger partial charge on any atom is 0.305 e. The van der Waals surface area contributed by atoms with Crippen molar-refractivity contribution in [2.45, 2.75) is 259 Å². The van der Waals surface area contributed by atoms with Crippen LogP contribution in [-0.4, -0.2) is 69.2 Å². The summed E-state index contributed by atoms with van der Waals surface area (Å²) in [4.78, 5) is 26.8. The van der Waals surface area contributed by atoms with Gasteiger partial charge in [-0.25, -0.2) is 0 Å². The normalized spacial score (nSPS) is 11.8. The molecule has 0 N–H and O–H groups in total. The van der Waals surface area contributed by atoms with Gasteiger partial charge in [-0.05, 0) is 115 Å². The second kappa shape index (κ2) is 45.8. The number of carbonyl (C=O) groups is 2. The number of carbonyl (C=O) groups excluding carboxylic acids is 2. The summed E-state index contributed by atoms with van der Waals surface area (Å²) in [5, 5.41) is 0. The number of unbranched alkanes of at least 4 members (excludes halogenated alkanes) is 19. The molecule has 346 valence electrons. The molecule has 0 rings (SSSR count). The first kappa shape index (κ1) is 57.3. The monoisotopic (exact) mass is 838 g/mol. The fourth-order valence-electron chi connectivity index (χ4n) is 8.50. The lowest BCUT2D eigenvalue weighted by Gasteiger charge is -2.18. The third kappa shape index (κ3) is 42.0. The Kier molecular flexibility index (Phi) is 45.3. The molecule has 5 nitrogen and oxygen atoms in total. The molecule has 0 aliphatic carbocycles. The van der Waals surface area contributed by atoms with Crippen LogP contribution in [0.1, 0.15) is 259 Å². The van der Waals surface area contributed by atoms with Crippen LogP contribution < -0.4 is 0 Å². The SMILES string of the molecule is CCCCC(CCCC)CCCCOC(=O)CCCCCCCCCP(CCCCCCCCCC(=O)OCCCCC(CCCC)CCCC)CCCCN(C)C. The Morgan fingerprint density at radius 3 is 1.05 bits per heavy atom. The number of rotatable bonds is 47. The molecule has 0 fully saturated rings. The van der Waals surface area contributed by atoms with Crippen LogP contribution in [0.3, 0.4) is 0 Å². The highest BCUT2D eigenvalue weighted by Crippen LogP contribution is 2.39. The lowest BCUT2D eigenvalue weighted by molar-refractivity contribution is -0.144. The number of esters is 2. The number of hydrogen-bond donors (Lipinski definition) is 0. The molecule has 0 bridgehead atoms. The van der Waals surface area contributed by atoms with E-state index >= 15 is 0 Å². The molecule has 0 heterocycles. The molecule has 0 aromatic carbocycles. The molecule has 0 radical (unpaired) electrons. The molecule has 0 saturated heterocycles. The second-order valence-corrected chi connectivity index (χ2v) is 21.2. The molecule has 0 aliphatic rings. The first-order chi connectivity index (χ1) is 28.4. The first-order valence-electron chi connectivity index (χ1n) is 26.0. The summed E-state index contributed by atoms with van der Waals surface area (Å²) in [6.45, 7) is 11.6. The molecule has 0 aromatic heterocycles. The van der Waals surface area contributed by atoms with Crippen molar-refractivity contribution in [2.24, 2.45) is 11.8 Å². The van der Waals surface area contributed by atoms with Gasteiger partial charge in [-0.3, -0.25) is 9.59 Å². The van der Waals surface area contributed by atoms with Crippen LogP contribution in [0.2, 0.25) is 0 Å². The molecule has 0 aromatic rings. The van der Waals surface area contributed by atoms with E-state index in [1.54, 1.807) is 0 Å². The molecule has 6 heteroatoms. The summed E-state index contributed by atoms with van der Waals surface area (Å²) in [6, 6.07) is 0. The van der Waals surface area contributed by atoms with E-state index < -0.39 is 0 Å². The van der Waals surface area contributed by atoms with Crippen LogP contribution in [0.5, 0.6) is 0 Å². The Balaban J connectivity index is 3.95. The molecule has 0 spiro atoms. The highest BCUT2D eigenvalue weighted by Gasteiger charge is 2.11. The van der Waals surface area contributed by atoms with Gasteiger partial charge in [-0.1, -0.05) is 182 Å². The summed E-state index contributed by atoms with van der Waals surface area (Å²) < 4.78 is 11.1. The second-order valence-electron chi connectivity index (χ2n) is 18.5. The fourth-order valence-corrected chi connectivity index (χ4v) is 11.2. The predicted molar refractivity (Wildman–Crippen MR) is 258 cm³/mol. The highest BCUT2D eigenvalue weighted by molar-refractivity contribution is 7.57. The van der Waals surface area contributed by atoms with E-state index in [9.17, 15) is 9.59 Å². The Morgan fingerprint density at radius 1 is 0.397 bits per heavy atom. The van der Waals surface area contributed by atoms with Crippen LogP contribution in [0.15, 0.2) is 0 Å². The van der Waals surface area contributed by atoms with Crippen molar-refractivity contribution in [2.75, 3.05) is 52.3 Å². The van der Waals surface area contributed by atoms with Crippen LogP contribution in [0.4, 0.5) is 0 Å². The lowest BCUT2D eigenvalue weighted by atomic mass is 9.91. The maximum absolute atomic E-state index is 12.2. The predicted octanol–water partition coefficient (Wildman–Crippen LogP) is 16.5. The van der Waals surface area contributed by atoms with Crippen molar-refractivity contribution < 1.29 is 19.1 Å². The molecule has 58 heavy (non-hydrogen) atoms. The largest absolute Gasteiger partial charge is 0.466 e. The van der Waals surface area contributed by atoms with Crippen molar-refractivity contribution >= 4 is 19.9 Å². The third-order valence-corrected chi connectivity index (χ3v) is 15.3. The maximum atomic E-state index is 12.2. The van der Waals surface area contributed by atoms with Crippen LogP contribution >= 0.6 is 7.92 Å². The minimum atomic E-state index is 0.0195. The average molecular weight is 838 g/mol. The van der Waals surface area contributed by atoms with Gasteiger partial charge in [0.2, 0.25) is 0 Å². The van der Waals surface area contributed by atoms with Crippen LogP contribution in [0, 0.1) is 11.8 Å². The molecule has 0 aliphatic heterocycles. The number of nitrogens with zero attached hydrogens (tertiary/aromatic N) is 1. The van der Waals surface area contributed by atoms with E-state index in [4.69, 9.17) is 9.47 Å². The first-order valence-corrected chi connectivity index (χ1v) is 27.9. The summed E-state index contributed by atoms with van der Waals surface area (Å²) >= 11 is 0. The standard InChI is InChI=1S/C52H104NO4P/c1-7-11-35-49(36-12-8-2)39-27-30-44-56-51(54)41-25-21-17-15-19-23-32-46-58(48-34-29-43-53(5)6)47-33-24-20-16-18-22-26-42-52(55)57-45-31-28-40-50(37-13-9-3)38-14-10-4/h49-50H,7-48H2,1-6H3. The highest BCUT2D eigenvalue weighted by atomic mass is 31.1. The minimum Gasteiger partial charge on any atom is -0.466 e. The minimum absolute atomic E-state index is 0.0195. The molecular weight excluding hydrogens is 734 g/mol. The van der Waals surface area contributed by atoms with Crippen molar-refractivity contribution in [3.05, 3.63) is 0 Å². The number of hydrogen-bond acceptors (Lipinski definition) is 5. The Morgan fingerprint density at radius 2 is 0.707 bits per heavy atom. The quantitative estimate of drug-likeness (QED) is 0.0347. The zero-order valence-electron chi connectivity index (χ0n) is 40.4. The van der Waals surface area contributed by atoms with E-state index in [-0.39, 0.29) is 19.9 Å². The Bertz CT molecular complexity index is 777. The summed E-state index contributed by atoms with van der Waals surface area (Å²) in [5.41, 5.74) is 0. The van der Waals surface area contributed by atoms with Crippen LogP contribution in [-0.2, 0) is 19.1 Å². The van der Waals surface area contributed by atoms with Gasteiger partial charge in [0.1, 0.15) is 0 Å². The van der Waals surface area contributed by atoms with Crippen LogP contribution in [0.25, 0.3) is 0 Å². The molecule has 0 atom stereocenters. The molecule has 0 unspecified atom stereocenters. The number of ether oxygens (including phenoxy) is 2. The average Bonchev–Trinajstić information content (AvgIpc) is 3.21. The van der Waals surface area contributed by atoms with Crippen molar-refractivity contribution in [3.8, 4) is 0 Å². The lowest BCUT2D eigenvalue weighted by Crippen LogP contribution is -2.13. The van der Waals surface area contributed by atoms with E-state index in [1.165, 1.54) is 205 Å². The van der Waals surface area contributed by atoms with E-state index in [2.05, 4.69) is 46.7 Å². The van der Waals surface area contributed by atoms with Gasteiger partial charge in [-0.2, -0.15) is 0 Å². The smallest absolute Gasteiger partial charge is 0.305 e. The van der Waals surface area contributed by atoms with Gasteiger partial charge in [0.05, 0.1) is 13.2 Å². The summed E-state index contributed by atoms with van der Waals surface area (Å²) in [5.74, 6) is 1.78. The van der Waals surface area contributed by atoms with E-state index in [0.717, 1.165) is 50.4 Å². The summed E-state index contributed by atoms with van der Waals surface area (Å²) in [6.07, 6.45) is 49.2. The molecule has 0 amide bonds. The van der Waals surface area contributed by atoms with Gasteiger partial charge >= 0.3 is 11.9 Å². The van der Waals surface area contributed by atoms with Gasteiger partial charge < -0.3 is 14.4 Å². The van der Waals surface area contributed by atoms with Gasteiger partial charge in [0.25, 0.3) is 0 Å². The van der Waals surface area contributed by atoms with Gasteiger partial charge in [0, 0.05) is 12.8 Å². The zero-order valence-corrected chi connectivity index (χ0v) is 41.3. The topological polar surface area (TPSA) is 55.8 Å². The Hall–Kier alpha value is -0.670. The van der Waals surface area contributed by atoms with Crippen molar-refractivity contribution in [3.63, 3.8) is 0 Å². The van der Waals surface area contributed by atoms with Gasteiger partial charge in [0.15, 0.2) is 0 Å². The molecular formula is C52H104NO4P. The molecule has 0 saturated carbocycles. The summed E-state index contributed by atoms with van der Waals surface area (Å²) in [7, 11) is 4.57.